The van der Waals surface area contributed by atoms with E-state index in [-0.39, 0.29) is 33.7 Å². The van der Waals surface area contributed by atoms with Crippen molar-refractivity contribution in [1.29, 1.82) is 0 Å². The summed E-state index contributed by atoms with van der Waals surface area (Å²) in [6.45, 7) is 0. The molecule has 22 heavy (non-hydrogen) atoms. The summed E-state index contributed by atoms with van der Waals surface area (Å²) < 4.78 is 0. The van der Waals surface area contributed by atoms with Gasteiger partial charge in [0, 0.05) is 40.1 Å². The highest BCUT2D eigenvalue weighted by Crippen LogP contribution is 2.21. The van der Waals surface area contributed by atoms with E-state index in [0.717, 1.165) is 6.07 Å². The summed E-state index contributed by atoms with van der Waals surface area (Å²) in [4.78, 5) is 22.7. The zero-order valence-corrected chi connectivity index (χ0v) is 11.3. The topological polar surface area (TPSA) is 153 Å². The first-order chi connectivity index (χ1) is 10.3. The van der Waals surface area contributed by atoms with Crippen LogP contribution in [0.2, 0.25) is 0 Å². The fourth-order valence-corrected chi connectivity index (χ4v) is 2.09. The fraction of sp³-hybridized carbons (Fsp3) is 0. The molecule has 0 saturated heterocycles. The van der Waals surface area contributed by atoms with Crippen LogP contribution in [0.25, 0.3) is 0 Å². The molecule has 0 spiro atoms. The Morgan fingerprint density at radius 3 is 2.36 bits per heavy atom. The van der Waals surface area contributed by atoms with Crippen LogP contribution < -0.4 is 16.9 Å². The lowest BCUT2D eigenvalue weighted by Crippen LogP contribution is -2.37. The third-order valence-electron chi connectivity index (χ3n) is 3.12. The number of nitro groups is 1. The number of carbonyl (C=O) groups is 1. The van der Waals surface area contributed by atoms with Crippen molar-refractivity contribution < 1.29 is 19.8 Å². The summed E-state index contributed by atoms with van der Waals surface area (Å²) in [5, 5.41) is 29.6. The Morgan fingerprint density at radius 1 is 1.14 bits per heavy atom. The standard InChI is InChI=1S/C13H12BN3O5/c15-9-4-5-10(16)12(14(19)20)11(9)13(18)7-2-1-3-8(6-7)17(21)22/h1-6,19-20H,15-16H2. The minimum Gasteiger partial charge on any atom is -0.423 e. The Bertz CT molecular complexity index is 763. The van der Waals surface area contributed by atoms with Gasteiger partial charge >= 0.3 is 7.12 Å². The number of non-ortho nitro benzene ring substituents is 1. The summed E-state index contributed by atoms with van der Waals surface area (Å²) in [6.07, 6.45) is 0. The van der Waals surface area contributed by atoms with Gasteiger partial charge in [0.2, 0.25) is 0 Å². The van der Waals surface area contributed by atoms with E-state index in [1.165, 1.54) is 30.3 Å². The molecule has 0 bridgehead atoms. The van der Waals surface area contributed by atoms with Crippen LogP contribution in [0.15, 0.2) is 36.4 Å². The number of hydrogen-bond acceptors (Lipinski definition) is 7. The first-order valence-corrected chi connectivity index (χ1v) is 6.16. The van der Waals surface area contributed by atoms with E-state index >= 15 is 0 Å². The quantitative estimate of drug-likeness (QED) is 0.198. The van der Waals surface area contributed by atoms with Crippen molar-refractivity contribution in [2.75, 3.05) is 11.5 Å². The molecule has 0 radical (unpaired) electrons. The number of nitrogens with two attached hydrogens (primary N) is 2. The number of hydrogen-bond donors (Lipinski definition) is 4. The van der Waals surface area contributed by atoms with E-state index in [9.17, 15) is 25.0 Å². The number of nitrogens with zero attached hydrogens (tertiary/aromatic N) is 1. The minimum atomic E-state index is -2.00. The van der Waals surface area contributed by atoms with Crippen molar-refractivity contribution in [3.8, 4) is 0 Å². The molecule has 0 aliphatic carbocycles. The summed E-state index contributed by atoms with van der Waals surface area (Å²) in [7, 11) is -2.00. The molecule has 2 aromatic rings. The molecule has 9 heteroatoms. The molecule has 0 saturated carbocycles. The van der Waals surface area contributed by atoms with Gasteiger partial charge in [-0.15, -0.1) is 0 Å². The number of nitrogen functional groups attached to an aromatic ring is 2. The SMILES string of the molecule is Nc1ccc(N)c(C(=O)c2cccc([N+](=O)[O-])c2)c1B(O)O. The van der Waals surface area contributed by atoms with E-state index < -0.39 is 17.8 Å². The highest BCUT2D eigenvalue weighted by atomic mass is 16.6. The van der Waals surface area contributed by atoms with Crippen LogP contribution in [-0.4, -0.2) is 27.9 Å². The highest BCUT2D eigenvalue weighted by Gasteiger charge is 2.27. The summed E-state index contributed by atoms with van der Waals surface area (Å²) in [6, 6.07) is 7.73. The second-order valence-electron chi connectivity index (χ2n) is 4.54. The molecule has 0 aliphatic heterocycles. The Kier molecular flexibility index (Phi) is 4.11. The molecule has 0 aliphatic rings. The van der Waals surface area contributed by atoms with Crippen LogP contribution in [0.3, 0.4) is 0 Å². The van der Waals surface area contributed by atoms with Crippen molar-refractivity contribution >= 4 is 35.4 Å². The zero-order valence-electron chi connectivity index (χ0n) is 11.3. The number of rotatable bonds is 4. The number of carbonyl (C=O) groups excluding carboxylic acids is 1. The highest BCUT2D eigenvalue weighted by molar-refractivity contribution is 6.63. The van der Waals surface area contributed by atoms with Crippen molar-refractivity contribution in [2.45, 2.75) is 0 Å². The fourth-order valence-electron chi connectivity index (χ4n) is 2.09. The lowest BCUT2D eigenvalue weighted by molar-refractivity contribution is -0.384. The van der Waals surface area contributed by atoms with Gasteiger partial charge in [-0.05, 0) is 12.1 Å². The predicted octanol–water partition coefficient (Wildman–Crippen LogP) is -0.330. The van der Waals surface area contributed by atoms with Gasteiger partial charge < -0.3 is 21.5 Å². The first kappa shape index (κ1) is 15.5. The smallest absolute Gasteiger partial charge is 0.423 e. The largest absolute Gasteiger partial charge is 0.491 e. The van der Waals surface area contributed by atoms with E-state index in [0.29, 0.717) is 0 Å². The minimum absolute atomic E-state index is 0.00574. The maximum atomic E-state index is 12.5. The van der Waals surface area contributed by atoms with Crippen molar-refractivity contribution in [1.82, 2.24) is 0 Å². The molecule has 8 nitrogen and oxygen atoms in total. The van der Waals surface area contributed by atoms with E-state index in [1.807, 2.05) is 0 Å². The zero-order chi connectivity index (χ0) is 16.4. The van der Waals surface area contributed by atoms with Gasteiger partial charge in [-0.1, -0.05) is 12.1 Å². The molecular weight excluding hydrogens is 289 g/mol. The second kappa shape index (κ2) is 5.84. The van der Waals surface area contributed by atoms with Gasteiger partial charge in [-0.3, -0.25) is 14.9 Å². The molecule has 0 fully saturated rings. The van der Waals surface area contributed by atoms with Crippen LogP contribution in [0.1, 0.15) is 15.9 Å². The monoisotopic (exact) mass is 301 g/mol. The summed E-state index contributed by atoms with van der Waals surface area (Å²) in [5.74, 6) is -0.684. The molecule has 2 aromatic carbocycles. The van der Waals surface area contributed by atoms with Crippen LogP contribution in [-0.2, 0) is 0 Å². The Morgan fingerprint density at radius 2 is 1.77 bits per heavy atom. The van der Waals surface area contributed by atoms with E-state index in [1.54, 1.807) is 0 Å². The van der Waals surface area contributed by atoms with Crippen LogP contribution >= 0.6 is 0 Å². The maximum absolute atomic E-state index is 12.5. The molecule has 0 amide bonds. The van der Waals surface area contributed by atoms with Gasteiger partial charge in [-0.25, -0.2) is 0 Å². The molecule has 112 valence electrons. The lowest BCUT2D eigenvalue weighted by atomic mass is 9.73. The number of nitro benzene ring substituents is 1. The maximum Gasteiger partial charge on any atom is 0.491 e. The molecule has 0 heterocycles. The van der Waals surface area contributed by atoms with E-state index in [2.05, 4.69) is 0 Å². The van der Waals surface area contributed by atoms with Crippen LogP contribution in [0, 0.1) is 10.1 Å². The van der Waals surface area contributed by atoms with Crippen molar-refractivity contribution in [3.05, 3.63) is 57.6 Å². The van der Waals surface area contributed by atoms with Crippen LogP contribution in [0.5, 0.6) is 0 Å². The molecule has 0 aromatic heterocycles. The Hall–Kier alpha value is -2.91. The van der Waals surface area contributed by atoms with Crippen molar-refractivity contribution in [3.63, 3.8) is 0 Å². The normalized spacial score (nSPS) is 10.3. The Labute approximate surface area is 125 Å². The van der Waals surface area contributed by atoms with E-state index in [4.69, 9.17) is 11.5 Å². The summed E-state index contributed by atoms with van der Waals surface area (Å²) in [5.41, 5.74) is 10.7. The van der Waals surface area contributed by atoms with Gasteiger partial charge in [0.25, 0.3) is 5.69 Å². The van der Waals surface area contributed by atoms with Gasteiger partial charge in [0.15, 0.2) is 5.78 Å². The predicted molar refractivity (Wildman–Crippen MR) is 81.6 cm³/mol. The lowest BCUT2D eigenvalue weighted by Gasteiger charge is -2.13. The van der Waals surface area contributed by atoms with Gasteiger partial charge in [-0.2, -0.15) is 0 Å². The third kappa shape index (κ3) is 2.75. The molecule has 6 N–H and O–H groups in total. The second-order valence-corrected chi connectivity index (χ2v) is 4.54. The van der Waals surface area contributed by atoms with Crippen molar-refractivity contribution in [2.24, 2.45) is 0 Å². The molecular formula is C13H12BN3O5. The average molecular weight is 301 g/mol. The number of benzene rings is 2. The number of anilines is 2. The first-order valence-electron chi connectivity index (χ1n) is 6.16. The molecule has 0 unspecified atom stereocenters. The molecule has 0 atom stereocenters. The molecule has 2 rings (SSSR count). The summed E-state index contributed by atoms with van der Waals surface area (Å²) >= 11 is 0. The van der Waals surface area contributed by atoms with Gasteiger partial charge in [0.1, 0.15) is 0 Å². The third-order valence-corrected chi connectivity index (χ3v) is 3.12. The Balaban J connectivity index is 2.62. The van der Waals surface area contributed by atoms with Gasteiger partial charge in [0.05, 0.1) is 4.92 Å². The van der Waals surface area contributed by atoms with Crippen LogP contribution in [0.4, 0.5) is 17.1 Å². The number of ketones is 1. The average Bonchev–Trinajstić information content (AvgIpc) is 2.48.